The number of tetrazole rings is 1. The number of rotatable bonds is 3. The maximum atomic E-state index is 5.44. The molecule has 0 aliphatic heterocycles. The Bertz CT molecular complexity index is 217. The van der Waals surface area contributed by atoms with Crippen LogP contribution in [0.15, 0.2) is 0 Å². The quantitative estimate of drug-likeness (QED) is 0.596. The Morgan fingerprint density at radius 2 is 2.27 bits per heavy atom. The summed E-state index contributed by atoms with van der Waals surface area (Å²) in [5, 5.41) is 10.7. The van der Waals surface area contributed by atoms with Crippen LogP contribution in [-0.2, 0) is 6.54 Å². The number of nitrogens with two attached hydrogens (primary N) is 1. The van der Waals surface area contributed by atoms with Crippen molar-refractivity contribution in [3.8, 4) is 0 Å². The van der Waals surface area contributed by atoms with Gasteiger partial charge in [-0.1, -0.05) is 5.10 Å². The molecular weight excluding hydrogens is 144 g/mol. The van der Waals surface area contributed by atoms with Gasteiger partial charge in [-0.05, 0) is 24.5 Å². The molecule has 0 bridgehead atoms. The Kier molecular flexibility index (Phi) is 2.37. The summed E-state index contributed by atoms with van der Waals surface area (Å²) in [6.45, 7) is 1.61. The smallest absolute Gasteiger partial charge is 0.240 e. The Hall–Kier alpha value is -1.17. The Balaban J connectivity index is 2.44. The van der Waals surface area contributed by atoms with E-state index in [0.29, 0.717) is 5.95 Å². The predicted molar refractivity (Wildman–Crippen MR) is 40.8 cm³/mol. The molecule has 0 atom stereocenters. The maximum absolute atomic E-state index is 5.44. The van der Waals surface area contributed by atoms with Gasteiger partial charge in [-0.3, -0.25) is 0 Å². The van der Waals surface area contributed by atoms with E-state index in [1.165, 1.54) is 0 Å². The summed E-state index contributed by atoms with van der Waals surface area (Å²) in [6.07, 6.45) is 0. The number of hydrogen-bond acceptors (Lipinski definition) is 5. The van der Waals surface area contributed by atoms with E-state index >= 15 is 0 Å². The SMILES string of the molecule is CN(C)CCn1nnnc1N. The highest BCUT2D eigenvalue weighted by Gasteiger charge is 1.99. The zero-order valence-corrected chi connectivity index (χ0v) is 6.73. The van der Waals surface area contributed by atoms with Crippen LogP contribution in [0.25, 0.3) is 0 Å². The Morgan fingerprint density at radius 1 is 1.55 bits per heavy atom. The first kappa shape index (κ1) is 7.93. The van der Waals surface area contributed by atoms with Gasteiger partial charge in [0.15, 0.2) is 0 Å². The number of likely N-dealkylation sites (N-methyl/N-ethyl adjacent to an activating group) is 1. The van der Waals surface area contributed by atoms with Gasteiger partial charge in [0.2, 0.25) is 5.95 Å². The van der Waals surface area contributed by atoms with Gasteiger partial charge in [-0.25, -0.2) is 4.68 Å². The van der Waals surface area contributed by atoms with E-state index in [1.54, 1.807) is 4.68 Å². The average molecular weight is 156 g/mol. The molecule has 0 spiro atoms. The van der Waals surface area contributed by atoms with Crippen LogP contribution < -0.4 is 5.73 Å². The molecule has 2 N–H and O–H groups in total. The molecule has 1 rings (SSSR count). The van der Waals surface area contributed by atoms with E-state index in [-0.39, 0.29) is 0 Å². The van der Waals surface area contributed by atoms with E-state index in [4.69, 9.17) is 5.73 Å². The molecular formula is C5H12N6. The summed E-state index contributed by atoms with van der Waals surface area (Å²) >= 11 is 0. The van der Waals surface area contributed by atoms with Crippen molar-refractivity contribution >= 4 is 5.95 Å². The van der Waals surface area contributed by atoms with Gasteiger partial charge in [0.1, 0.15) is 0 Å². The monoisotopic (exact) mass is 156 g/mol. The molecule has 0 aromatic carbocycles. The van der Waals surface area contributed by atoms with E-state index in [1.807, 2.05) is 19.0 Å². The molecule has 1 aromatic rings. The van der Waals surface area contributed by atoms with Crippen molar-refractivity contribution in [2.45, 2.75) is 6.54 Å². The lowest BCUT2D eigenvalue weighted by molar-refractivity contribution is 0.372. The van der Waals surface area contributed by atoms with Crippen molar-refractivity contribution < 1.29 is 0 Å². The summed E-state index contributed by atoms with van der Waals surface area (Å²) in [5.41, 5.74) is 5.44. The van der Waals surface area contributed by atoms with Gasteiger partial charge < -0.3 is 10.6 Å². The zero-order chi connectivity index (χ0) is 8.27. The highest BCUT2D eigenvalue weighted by Crippen LogP contribution is 1.90. The fraction of sp³-hybridized carbons (Fsp3) is 0.800. The second-order valence-electron chi connectivity index (χ2n) is 2.56. The molecule has 62 valence electrons. The van der Waals surface area contributed by atoms with Crippen LogP contribution in [0.1, 0.15) is 0 Å². The van der Waals surface area contributed by atoms with Crippen LogP contribution in [0.5, 0.6) is 0 Å². The fourth-order valence-electron chi connectivity index (χ4n) is 0.666. The molecule has 6 heteroatoms. The number of nitrogen functional groups attached to an aromatic ring is 1. The molecule has 0 fully saturated rings. The van der Waals surface area contributed by atoms with Crippen molar-refractivity contribution in [2.24, 2.45) is 0 Å². The Morgan fingerprint density at radius 3 is 2.73 bits per heavy atom. The van der Waals surface area contributed by atoms with Gasteiger partial charge in [-0.15, -0.1) is 0 Å². The van der Waals surface area contributed by atoms with Crippen molar-refractivity contribution in [1.82, 2.24) is 25.1 Å². The molecule has 0 aliphatic rings. The lowest BCUT2D eigenvalue weighted by Crippen LogP contribution is -2.20. The van der Waals surface area contributed by atoms with Gasteiger partial charge in [-0.2, -0.15) is 0 Å². The highest BCUT2D eigenvalue weighted by molar-refractivity contribution is 5.09. The third-order valence-electron chi connectivity index (χ3n) is 1.32. The number of hydrogen-bond donors (Lipinski definition) is 1. The fourth-order valence-corrected chi connectivity index (χ4v) is 0.666. The van der Waals surface area contributed by atoms with Gasteiger partial charge >= 0.3 is 0 Å². The second-order valence-corrected chi connectivity index (χ2v) is 2.56. The zero-order valence-electron chi connectivity index (χ0n) is 6.73. The van der Waals surface area contributed by atoms with Gasteiger partial charge in [0.25, 0.3) is 0 Å². The average Bonchev–Trinajstić information content (AvgIpc) is 2.31. The molecule has 0 radical (unpaired) electrons. The van der Waals surface area contributed by atoms with Crippen LogP contribution in [-0.4, -0.2) is 45.7 Å². The molecule has 11 heavy (non-hydrogen) atoms. The minimum absolute atomic E-state index is 0.367. The molecule has 0 unspecified atom stereocenters. The maximum Gasteiger partial charge on any atom is 0.240 e. The molecule has 6 nitrogen and oxygen atoms in total. The van der Waals surface area contributed by atoms with Crippen molar-refractivity contribution in [3.63, 3.8) is 0 Å². The molecule has 1 heterocycles. The van der Waals surface area contributed by atoms with Crippen molar-refractivity contribution in [3.05, 3.63) is 0 Å². The number of nitrogens with zero attached hydrogens (tertiary/aromatic N) is 5. The van der Waals surface area contributed by atoms with Gasteiger partial charge in [0, 0.05) is 6.54 Å². The van der Waals surface area contributed by atoms with E-state index in [9.17, 15) is 0 Å². The standard InChI is InChI=1S/C5H12N6/c1-10(2)3-4-11-5(6)7-8-9-11/h3-4H2,1-2H3,(H2,6,7,9). The number of anilines is 1. The summed E-state index contributed by atoms with van der Waals surface area (Å²) in [4.78, 5) is 2.04. The third-order valence-corrected chi connectivity index (χ3v) is 1.32. The predicted octanol–water partition coefficient (Wildman–Crippen LogP) is -1.18. The molecule has 0 amide bonds. The first-order valence-corrected chi connectivity index (χ1v) is 3.36. The van der Waals surface area contributed by atoms with Gasteiger partial charge in [0.05, 0.1) is 6.54 Å². The van der Waals surface area contributed by atoms with Crippen LogP contribution in [0, 0.1) is 0 Å². The highest BCUT2D eigenvalue weighted by atomic mass is 15.6. The minimum atomic E-state index is 0.367. The lowest BCUT2D eigenvalue weighted by Gasteiger charge is -2.08. The summed E-state index contributed by atoms with van der Waals surface area (Å²) in [5.74, 6) is 0.367. The van der Waals surface area contributed by atoms with Crippen LogP contribution in [0.2, 0.25) is 0 Å². The molecule has 0 aliphatic carbocycles. The van der Waals surface area contributed by atoms with Crippen LogP contribution in [0.4, 0.5) is 5.95 Å². The first-order chi connectivity index (χ1) is 5.20. The van der Waals surface area contributed by atoms with Crippen LogP contribution >= 0.6 is 0 Å². The normalized spacial score (nSPS) is 10.8. The summed E-state index contributed by atoms with van der Waals surface area (Å²) < 4.78 is 1.57. The van der Waals surface area contributed by atoms with Crippen LogP contribution in [0.3, 0.4) is 0 Å². The largest absolute Gasteiger partial charge is 0.367 e. The van der Waals surface area contributed by atoms with Crippen molar-refractivity contribution in [2.75, 3.05) is 26.4 Å². The first-order valence-electron chi connectivity index (χ1n) is 3.36. The third kappa shape index (κ3) is 2.15. The minimum Gasteiger partial charge on any atom is -0.367 e. The Labute approximate surface area is 65.0 Å². The lowest BCUT2D eigenvalue weighted by atomic mass is 10.6. The molecule has 0 saturated heterocycles. The topological polar surface area (TPSA) is 72.9 Å². The second kappa shape index (κ2) is 3.29. The molecule has 1 aromatic heterocycles. The van der Waals surface area contributed by atoms with E-state index < -0.39 is 0 Å². The summed E-state index contributed by atoms with van der Waals surface area (Å²) in [7, 11) is 3.97. The van der Waals surface area contributed by atoms with E-state index in [0.717, 1.165) is 13.1 Å². The van der Waals surface area contributed by atoms with Crippen molar-refractivity contribution in [1.29, 1.82) is 0 Å². The van der Waals surface area contributed by atoms with E-state index in [2.05, 4.69) is 15.5 Å². The molecule has 0 saturated carbocycles. The number of aromatic nitrogens is 4. The summed E-state index contributed by atoms with van der Waals surface area (Å²) in [6, 6.07) is 0.